The molecule has 0 bridgehead atoms. The molecule has 0 spiro atoms. The highest BCUT2D eigenvalue weighted by molar-refractivity contribution is 7.93. The van der Waals surface area contributed by atoms with E-state index in [2.05, 4.69) is 9.82 Å². The number of carbonyl (C=O) groups is 1. The number of aromatic nitrogens is 2. The largest absolute Gasteiger partial charge is 0.477 e. The molecule has 0 atom stereocenters. The molecule has 1 aromatic heterocycles. The van der Waals surface area contributed by atoms with Crippen molar-refractivity contribution in [3.05, 3.63) is 42.1 Å². The van der Waals surface area contributed by atoms with Crippen LogP contribution in [0.15, 0.2) is 36.5 Å². The number of nitrogens with zero attached hydrogens (tertiary/aromatic N) is 2. The van der Waals surface area contributed by atoms with E-state index in [1.165, 1.54) is 4.68 Å². The third kappa shape index (κ3) is 2.62. The van der Waals surface area contributed by atoms with Gasteiger partial charge in [-0.3, -0.25) is 4.72 Å². The first-order valence-corrected chi connectivity index (χ1v) is 7.92. The number of rotatable bonds is 5. The van der Waals surface area contributed by atoms with Crippen LogP contribution in [-0.4, -0.2) is 34.5 Å². The maximum absolute atomic E-state index is 12.1. The van der Waals surface area contributed by atoms with Crippen molar-refractivity contribution in [2.75, 3.05) is 4.72 Å². The van der Waals surface area contributed by atoms with Crippen LogP contribution in [0.25, 0.3) is 5.69 Å². The molecule has 0 amide bonds. The van der Waals surface area contributed by atoms with Gasteiger partial charge in [-0.15, -0.1) is 0 Å². The molecule has 21 heavy (non-hydrogen) atoms. The molecule has 0 aliphatic heterocycles. The smallest absolute Gasteiger partial charge is 0.341 e. The van der Waals surface area contributed by atoms with E-state index < -0.39 is 21.2 Å². The number of aromatic carboxylic acids is 1. The zero-order valence-electron chi connectivity index (χ0n) is 10.9. The van der Waals surface area contributed by atoms with Crippen molar-refractivity contribution in [2.45, 2.75) is 18.1 Å². The Balaban J connectivity index is 2.07. The van der Waals surface area contributed by atoms with Gasteiger partial charge in [0.25, 0.3) is 0 Å². The molecule has 1 aliphatic carbocycles. The van der Waals surface area contributed by atoms with Gasteiger partial charge in [-0.25, -0.2) is 17.9 Å². The van der Waals surface area contributed by atoms with Crippen LogP contribution < -0.4 is 4.72 Å². The van der Waals surface area contributed by atoms with E-state index in [-0.39, 0.29) is 11.4 Å². The van der Waals surface area contributed by atoms with Crippen molar-refractivity contribution < 1.29 is 18.3 Å². The zero-order valence-corrected chi connectivity index (χ0v) is 11.7. The van der Waals surface area contributed by atoms with Gasteiger partial charge in [0.05, 0.1) is 17.1 Å². The first-order chi connectivity index (χ1) is 9.99. The maximum atomic E-state index is 12.1. The Morgan fingerprint density at radius 2 is 1.95 bits per heavy atom. The molecule has 1 fully saturated rings. The van der Waals surface area contributed by atoms with Gasteiger partial charge < -0.3 is 5.11 Å². The van der Waals surface area contributed by atoms with Crippen LogP contribution in [0.5, 0.6) is 0 Å². The minimum Gasteiger partial charge on any atom is -0.477 e. The zero-order chi connectivity index (χ0) is 15.0. The Kier molecular flexibility index (Phi) is 3.17. The van der Waals surface area contributed by atoms with Gasteiger partial charge in [0, 0.05) is 0 Å². The van der Waals surface area contributed by atoms with Crippen LogP contribution in [0, 0.1) is 0 Å². The number of hydrogen-bond acceptors (Lipinski definition) is 4. The van der Waals surface area contributed by atoms with Crippen LogP contribution in [0.2, 0.25) is 0 Å². The molecule has 1 heterocycles. The van der Waals surface area contributed by atoms with Gasteiger partial charge in [-0.05, 0) is 25.0 Å². The second-order valence-corrected chi connectivity index (χ2v) is 6.77. The number of nitrogens with one attached hydrogen (secondary N) is 1. The Morgan fingerprint density at radius 1 is 1.29 bits per heavy atom. The normalized spacial score (nSPS) is 14.9. The molecule has 7 nitrogen and oxygen atoms in total. The monoisotopic (exact) mass is 307 g/mol. The lowest BCUT2D eigenvalue weighted by molar-refractivity contribution is 0.0698. The van der Waals surface area contributed by atoms with E-state index in [0.29, 0.717) is 18.5 Å². The average Bonchev–Trinajstić information content (AvgIpc) is 3.22. The van der Waals surface area contributed by atoms with Crippen LogP contribution in [0.4, 0.5) is 5.82 Å². The average molecular weight is 307 g/mol. The highest BCUT2D eigenvalue weighted by Gasteiger charge is 2.37. The summed E-state index contributed by atoms with van der Waals surface area (Å²) in [6.45, 7) is 0. The fourth-order valence-corrected chi connectivity index (χ4v) is 3.35. The molecule has 1 saturated carbocycles. The second-order valence-electron chi connectivity index (χ2n) is 4.81. The Labute approximate surface area is 121 Å². The highest BCUT2D eigenvalue weighted by atomic mass is 32.2. The molecule has 110 valence electrons. The quantitative estimate of drug-likeness (QED) is 0.871. The lowest BCUT2D eigenvalue weighted by atomic mass is 10.3. The van der Waals surface area contributed by atoms with Gasteiger partial charge in [-0.1, -0.05) is 18.2 Å². The number of sulfonamides is 1. The van der Waals surface area contributed by atoms with Crippen LogP contribution >= 0.6 is 0 Å². The maximum Gasteiger partial charge on any atom is 0.341 e. The van der Waals surface area contributed by atoms with Crippen LogP contribution in [-0.2, 0) is 10.0 Å². The van der Waals surface area contributed by atoms with Crippen molar-refractivity contribution in [3.8, 4) is 5.69 Å². The summed E-state index contributed by atoms with van der Waals surface area (Å²) < 4.78 is 27.8. The minimum absolute atomic E-state index is 0.0411. The Hall–Kier alpha value is -2.35. The minimum atomic E-state index is -3.57. The van der Waals surface area contributed by atoms with E-state index >= 15 is 0 Å². The number of anilines is 1. The Bertz CT molecular complexity index is 779. The third-order valence-electron chi connectivity index (χ3n) is 3.20. The molecular weight excluding hydrogens is 294 g/mol. The summed E-state index contributed by atoms with van der Waals surface area (Å²) in [5, 5.41) is 12.7. The van der Waals surface area contributed by atoms with Crippen molar-refractivity contribution in [3.63, 3.8) is 0 Å². The van der Waals surface area contributed by atoms with Crippen LogP contribution in [0.3, 0.4) is 0 Å². The van der Waals surface area contributed by atoms with Crippen molar-refractivity contribution >= 4 is 21.8 Å². The van der Waals surface area contributed by atoms with Crippen molar-refractivity contribution in [1.29, 1.82) is 0 Å². The topological polar surface area (TPSA) is 101 Å². The lowest BCUT2D eigenvalue weighted by Gasteiger charge is -2.11. The van der Waals surface area contributed by atoms with Gasteiger partial charge >= 0.3 is 5.97 Å². The summed E-state index contributed by atoms with van der Waals surface area (Å²) in [6, 6.07) is 8.76. The molecule has 1 aliphatic rings. The van der Waals surface area contributed by atoms with E-state index in [1.54, 1.807) is 30.3 Å². The van der Waals surface area contributed by atoms with Gasteiger partial charge in [0.1, 0.15) is 5.56 Å². The second kappa shape index (κ2) is 4.88. The molecule has 0 saturated heterocycles. The van der Waals surface area contributed by atoms with Crippen molar-refractivity contribution in [2.24, 2.45) is 0 Å². The molecular formula is C13H13N3O4S. The highest BCUT2D eigenvalue weighted by Crippen LogP contribution is 2.31. The predicted octanol–water partition coefficient (Wildman–Crippen LogP) is 1.47. The molecule has 0 radical (unpaired) electrons. The third-order valence-corrected chi connectivity index (χ3v) is 5.03. The summed E-state index contributed by atoms with van der Waals surface area (Å²) in [4.78, 5) is 11.2. The number of carboxylic acids is 1. The molecule has 2 N–H and O–H groups in total. The van der Waals surface area contributed by atoms with Gasteiger partial charge in [0.2, 0.25) is 10.0 Å². The van der Waals surface area contributed by atoms with Gasteiger partial charge in [0.15, 0.2) is 5.82 Å². The molecule has 3 rings (SSSR count). The fourth-order valence-electron chi connectivity index (χ4n) is 1.96. The Morgan fingerprint density at radius 3 is 2.52 bits per heavy atom. The molecule has 1 aromatic carbocycles. The van der Waals surface area contributed by atoms with Gasteiger partial charge in [-0.2, -0.15) is 5.10 Å². The fraction of sp³-hybridized carbons (Fsp3) is 0.231. The molecule has 0 unspecified atom stereocenters. The standard InChI is InChI=1S/C13H13N3O4S/c17-13(18)11-8-14-16(9-4-2-1-3-5-9)12(11)15-21(19,20)10-6-7-10/h1-5,8,10,15H,6-7H2,(H,17,18). The first kappa shape index (κ1) is 13.6. The van der Waals surface area contributed by atoms with E-state index in [9.17, 15) is 18.3 Å². The van der Waals surface area contributed by atoms with E-state index in [0.717, 1.165) is 6.20 Å². The first-order valence-electron chi connectivity index (χ1n) is 6.37. The number of para-hydroxylation sites is 1. The number of hydrogen-bond donors (Lipinski definition) is 2. The van der Waals surface area contributed by atoms with E-state index in [1.807, 2.05) is 0 Å². The summed E-state index contributed by atoms with van der Waals surface area (Å²) in [7, 11) is -3.57. The summed E-state index contributed by atoms with van der Waals surface area (Å²) in [6.07, 6.45) is 2.33. The van der Waals surface area contributed by atoms with E-state index in [4.69, 9.17) is 0 Å². The SMILES string of the molecule is O=C(O)c1cnn(-c2ccccc2)c1NS(=O)(=O)C1CC1. The number of benzene rings is 1. The van der Waals surface area contributed by atoms with Crippen LogP contribution in [0.1, 0.15) is 23.2 Å². The molecule has 8 heteroatoms. The summed E-state index contributed by atoms with van der Waals surface area (Å²) in [5.41, 5.74) is 0.404. The predicted molar refractivity (Wildman–Crippen MR) is 76.1 cm³/mol. The van der Waals surface area contributed by atoms with Crippen molar-refractivity contribution in [1.82, 2.24) is 9.78 Å². The lowest BCUT2D eigenvalue weighted by Crippen LogP contribution is -2.21. The summed E-state index contributed by atoms with van der Waals surface area (Å²) >= 11 is 0. The molecule has 2 aromatic rings. The number of carboxylic acid groups (broad SMARTS) is 1. The summed E-state index contributed by atoms with van der Waals surface area (Å²) in [5.74, 6) is -1.27.